The maximum Gasteiger partial charge on any atom is 0.236 e. The van der Waals surface area contributed by atoms with E-state index < -0.39 is 0 Å². The van der Waals surface area contributed by atoms with E-state index >= 15 is 0 Å². The number of aromatic nitrogens is 3. The fourth-order valence-corrected chi connectivity index (χ4v) is 3.50. The highest BCUT2D eigenvalue weighted by Gasteiger charge is 2.26. The summed E-state index contributed by atoms with van der Waals surface area (Å²) in [6, 6.07) is 6.28. The Morgan fingerprint density at radius 1 is 1.35 bits per heavy atom. The lowest BCUT2D eigenvalue weighted by Crippen LogP contribution is -2.42. The third kappa shape index (κ3) is 4.46. The Morgan fingerprint density at radius 2 is 2.12 bits per heavy atom. The number of benzene rings is 1. The van der Waals surface area contributed by atoms with Crippen LogP contribution >= 0.6 is 0 Å². The lowest BCUT2D eigenvalue weighted by atomic mass is 9.97. The lowest BCUT2D eigenvalue weighted by molar-refractivity contribution is -0.132. The maximum atomic E-state index is 13.0. The van der Waals surface area contributed by atoms with Gasteiger partial charge in [-0.1, -0.05) is 12.1 Å². The molecule has 0 aliphatic carbocycles. The van der Waals surface area contributed by atoms with Crippen LogP contribution < -0.4 is 0 Å². The van der Waals surface area contributed by atoms with Crippen molar-refractivity contribution in [3.63, 3.8) is 0 Å². The normalized spacial score (nSPS) is 18.0. The minimum Gasteiger partial charge on any atom is -0.340 e. The van der Waals surface area contributed by atoms with Gasteiger partial charge in [-0.25, -0.2) is 4.39 Å². The Hall–Kier alpha value is -2.28. The number of piperidine rings is 1. The molecule has 0 radical (unpaired) electrons. The fourth-order valence-electron chi connectivity index (χ4n) is 3.50. The van der Waals surface area contributed by atoms with Gasteiger partial charge in [0.15, 0.2) is 0 Å². The average molecular weight is 359 g/mol. The largest absolute Gasteiger partial charge is 0.340 e. The monoisotopic (exact) mass is 359 g/mol. The minimum absolute atomic E-state index is 0.0759. The van der Waals surface area contributed by atoms with Gasteiger partial charge in [-0.2, -0.15) is 0 Å². The summed E-state index contributed by atoms with van der Waals surface area (Å²) in [5.74, 6) is 1.15. The number of carbonyl (C=O) groups is 1. The van der Waals surface area contributed by atoms with Gasteiger partial charge in [0.2, 0.25) is 5.91 Å². The number of likely N-dealkylation sites (N-methyl/N-ethyl adjacent to an activating group) is 1. The summed E-state index contributed by atoms with van der Waals surface area (Å²) in [5, 5.41) is 8.31. The number of likely N-dealkylation sites (tertiary alicyclic amines) is 1. The molecule has 1 atom stereocenters. The minimum atomic E-state index is -0.262. The van der Waals surface area contributed by atoms with Crippen molar-refractivity contribution in [1.82, 2.24) is 24.6 Å². The first-order valence-corrected chi connectivity index (χ1v) is 9.15. The van der Waals surface area contributed by atoms with E-state index in [-0.39, 0.29) is 11.7 Å². The molecule has 0 spiro atoms. The second-order valence-electron chi connectivity index (χ2n) is 6.93. The predicted octanol–water partition coefficient (Wildman–Crippen LogP) is 2.28. The number of amides is 1. The molecule has 0 saturated carbocycles. The Labute approximate surface area is 153 Å². The first-order chi connectivity index (χ1) is 12.6. The number of carbonyl (C=O) groups excluding carboxylic acids is 1. The van der Waals surface area contributed by atoms with Crippen molar-refractivity contribution in [3.8, 4) is 0 Å². The van der Waals surface area contributed by atoms with Crippen LogP contribution in [0.5, 0.6) is 0 Å². The summed E-state index contributed by atoms with van der Waals surface area (Å²) in [6.07, 6.45) is 3.90. The molecule has 3 rings (SSSR count). The molecule has 1 aromatic carbocycles. The average Bonchev–Trinajstić information content (AvgIpc) is 3.12. The molecule has 1 aliphatic heterocycles. The van der Waals surface area contributed by atoms with Gasteiger partial charge in [-0.15, -0.1) is 10.2 Å². The van der Waals surface area contributed by atoms with Gasteiger partial charge < -0.3 is 9.47 Å². The molecular weight excluding hydrogens is 333 g/mol. The maximum absolute atomic E-state index is 13.0. The van der Waals surface area contributed by atoms with Crippen molar-refractivity contribution in [3.05, 3.63) is 47.8 Å². The third-order valence-corrected chi connectivity index (χ3v) is 4.97. The SMILES string of the molecule is CCn1cnnc1C1CCCN(CC(=O)N(C)Cc2ccc(F)cc2)C1. The summed E-state index contributed by atoms with van der Waals surface area (Å²) < 4.78 is 15.1. The van der Waals surface area contributed by atoms with Crippen molar-refractivity contribution in [2.75, 3.05) is 26.7 Å². The van der Waals surface area contributed by atoms with Crippen LogP contribution in [0.15, 0.2) is 30.6 Å². The molecule has 140 valence electrons. The number of hydrogen-bond donors (Lipinski definition) is 0. The van der Waals surface area contributed by atoms with Crippen molar-refractivity contribution < 1.29 is 9.18 Å². The van der Waals surface area contributed by atoms with Crippen LogP contribution in [0.4, 0.5) is 4.39 Å². The Balaban J connectivity index is 1.55. The van der Waals surface area contributed by atoms with Crippen molar-refractivity contribution in [1.29, 1.82) is 0 Å². The second-order valence-corrected chi connectivity index (χ2v) is 6.93. The Bertz CT molecular complexity index is 730. The van der Waals surface area contributed by atoms with E-state index in [0.717, 1.165) is 43.9 Å². The summed E-state index contributed by atoms with van der Waals surface area (Å²) >= 11 is 0. The molecule has 1 amide bonds. The van der Waals surface area contributed by atoms with Crippen LogP contribution in [0.1, 0.15) is 37.1 Å². The molecular formula is C19H26FN5O. The van der Waals surface area contributed by atoms with E-state index in [0.29, 0.717) is 19.0 Å². The number of halogens is 1. The number of nitrogens with zero attached hydrogens (tertiary/aromatic N) is 5. The van der Waals surface area contributed by atoms with Crippen LogP contribution in [-0.4, -0.2) is 57.2 Å². The van der Waals surface area contributed by atoms with E-state index in [1.165, 1.54) is 12.1 Å². The first-order valence-electron chi connectivity index (χ1n) is 9.15. The molecule has 0 N–H and O–H groups in total. The first kappa shape index (κ1) is 18.5. The highest BCUT2D eigenvalue weighted by Crippen LogP contribution is 2.25. The zero-order valence-electron chi connectivity index (χ0n) is 15.4. The lowest BCUT2D eigenvalue weighted by Gasteiger charge is -2.32. The van der Waals surface area contributed by atoms with Crippen molar-refractivity contribution >= 4 is 5.91 Å². The molecule has 2 aromatic rings. The molecule has 1 saturated heterocycles. The third-order valence-electron chi connectivity index (χ3n) is 4.97. The van der Waals surface area contributed by atoms with Crippen LogP contribution in [0.2, 0.25) is 0 Å². The molecule has 26 heavy (non-hydrogen) atoms. The van der Waals surface area contributed by atoms with Crippen molar-refractivity contribution in [2.45, 2.75) is 38.8 Å². The van der Waals surface area contributed by atoms with E-state index in [9.17, 15) is 9.18 Å². The molecule has 1 fully saturated rings. The summed E-state index contributed by atoms with van der Waals surface area (Å²) in [5.41, 5.74) is 0.926. The standard InChI is InChI=1S/C19H26FN5O/c1-3-25-14-21-22-19(25)16-5-4-10-24(12-16)13-18(26)23(2)11-15-6-8-17(20)9-7-15/h6-9,14,16H,3-5,10-13H2,1-2H3. The van der Waals surface area contributed by atoms with Crippen LogP contribution in [-0.2, 0) is 17.9 Å². The number of aryl methyl sites for hydroxylation is 1. The van der Waals surface area contributed by atoms with Crippen LogP contribution in [0, 0.1) is 5.82 Å². The smallest absolute Gasteiger partial charge is 0.236 e. The van der Waals surface area contributed by atoms with Gasteiger partial charge in [0.1, 0.15) is 18.0 Å². The summed E-state index contributed by atoms with van der Waals surface area (Å²) in [6.45, 7) is 5.58. The second kappa shape index (κ2) is 8.40. The Kier molecular flexibility index (Phi) is 5.98. The van der Waals surface area contributed by atoms with E-state index in [4.69, 9.17) is 0 Å². The van der Waals surface area contributed by atoms with E-state index in [2.05, 4.69) is 26.6 Å². The zero-order valence-corrected chi connectivity index (χ0v) is 15.4. The topological polar surface area (TPSA) is 54.3 Å². The van der Waals surface area contributed by atoms with Gasteiger partial charge in [0.05, 0.1) is 6.54 Å². The molecule has 7 heteroatoms. The van der Waals surface area contributed by atoms with Gasteiger partial charge in [-0.3, -0.25) is 9.69 Å². The molecule has 1 aliphatic rings. The van der Waals surface area contributed by atoms with E-state index in [1.807, 2.05) is 0 Å². The van der Waals surface area contributed by atoms with Gasteiger partial charge >= 0.3 is 0 Å². The van der Waals surface area contributed by atoms with Crippen LogP contribution in [0.25, 0.3) is 0 Å². The summed E-state index contributed by atoms with van der Waals surface area (Å²) in [4.78, 5) is 16.5. The molecule has 6 nitrogen and oxygen atoms in total. The quantitative estimate of drug-likeness (QED) is 0.794. The molecule has 1 unspecified atom stereocenters. The fraction of sp³-hybridized carbons (Fsp3) is 0.526. The van der Waals surface area contributed by atoms with Crippen LogP contribution in [0.3, 0.4) is 0 Å². The summed E-state index contributed by atoms with van der Waals surface area (Å²) in [7, 11) is 1.79. The van der Waals surface area contributed by atoms with Gasteiger partial charge in [-0.05, 0) is 44.0 Å². The highest BCUT2D eigenvalue weighted by molar-refractivity contribution is 5.78. The van der Waals surface area contributed by atoms with Crippen molar-refractivity contribution in [2.24, 2.45) is 0 Å². The van der Waals surface area contributed by atoms with E-state index in [1.54, 1.807) is 30.4 Å². The zero-order chi connectivity index (χ0) is 18.5. The number of rotatable bonds is 6. The Morgan fingerprint density at radius 3 is 2.85 bits per heavy atom. The molecule has 2 heterocycles. The number of hydrogen-bond acceptors (Lipinski definition) is 4. The molecule has 1 aromatic heterocycles. The molecule has 0 bridgehead atoms. The van der Waals surface area contributed by atoms with Gasteiger partial charge in [0, 0.05) is 32.6 Å². The highest BCUT2D eigenvalue weighted by atomic mass is 19.1. The predicted molar refractivity (Wildman–Crippen MR) is 97.0 cm³/mol. The van der Waals surface area contributed by atoms with Gasteiger partial charge in [0.25, 0.3) is 0 Å².